The number of nitrogens with two attached hydrogens (primary N) is 1. The van der Waals surface area contributed by atoms with E-state index in [1.165, 1.54) is 18.9 Å². The maximum Gasteiger partial charge on any atom is 0.126 e. The second kappa shape index (κ2) is 9.84. The van der Waals surface area contributed by atoms with Crippen LogP contribution in [0.1, 0.15) is 50.3 Å². The van der Waals surface area contributed by atoms with Gasteiger partial charge in [0.15, 0.2) is 0 Å². The average Bonchev–Trinajstić information content (AvgIpc) is 2.40. The van der Waals surface area contributed by atoms with Gasteiger partial charge >= 0.3 is 0 Å². The van der Waals surface area contributed by atoms with Gasteiger partial charge in [-0.25, -0.2) is 4.39 Å². The van der Waals surface area contributed by atoms with E-state index in [-0.39, 0.29) is 5.82 Å². The van der Waals surface area contributed by atoms with Crippen molar-refractivity contribution in [2.24, 2.45) is 5.73 Å². The zero-order valence-electron chi connectivity index (χ0n) is 11.9. The minimum atomic E-state index is -0.150. The molecule has 18 heavy (non-hydrogen) atoms. The van der Waals surface area contributed by atoms with Gasteiger partial charge in [0.05, 0.1) is 0 Å². The predicted molar refractivity (Wildman–Crippen MR) is 79.2 cm³/mol. The van der Waals surface area contributed by atoms with Crippen LogP contribution in [0, 0.1) is 5.82 Å². The first-order valence-corrected chi connectivity index (χ1v) is 6.78. The van der Waals surface area contributed by atoms with Crippen molar-refractivity contribution in [3.05, 3.63) is 41.2 Å². The molecule has 1 aromatic carbocycles. The van der Waals surface area contributed by atoms with Gasteiger partial charge in [-0.1, -0.05) is 52.3 Å². The Morgan fingerprint density at radius 2 is 1.78 bits per heavy atom. The number of unbranched alkanes of at least 4 members (excludes halogenated alkanes) is 1. The monoisotopic (exact) mass is 251 g/mol. The lowest BCUT2D eigenvalue weighted by Crippen LogP contribution is -2.05. The van der Waals surface area contributed by atoms with E-state index in [1.54, 1.807) is 6.08 Å². The highest BCUT2D eigenvalue weighted by Gasteiger charge is 2.05. The van der Waals surface area contributed by atoms with Gasteiger partial charge in [-0.3, -0.25) is 0 Å². The summed E-state index contributed by atoms with van der Waals surface area (Å²) >= 11 is 0. The van der Waals surface area contributed by atoms with E-state index in [4.69, 9.17) is 5.73 Å². The van der Waals surface area contributed by atoms with Gasteiger partial charge in [0.1, 0.15) is 5.82 Å². The normalized spacial score (nSPS) is 9.61. The Morgan fingerprint density at radius 3 is 2.17 bits per heavy atom. The standard InChI is InChI=1S/C12H16FN.C4H10/c1-3-9-8-12(13)10(4-2)7-11(9)5-6-14;1-3-4-2/h3,7-8H,1,4-6,14H2,2H3;3-4H2,1-2H3. The van der Waals surface area contributed by atoms with Crippen molar-refractivity contribution in [1.82, 2.24) is 0 Å². The van der Waals surface area contributed by atoms with E-state index in [0.717, 1.165) is 23.1 Å². The van der Waals surface area contributed by atoms with E-state index in [2.05, 4.69) is 20.4 Å². The lowest BCUT2D eigenvalue weighted by Gasteiger charge is -2.08. The van der Waals surface area contributed by atoms with Crippen molar-refractivity contribution in [1.29, 1.82) is 0 Å². The van der Waals surface area contributed by atoms with Crippen LogP contribution in [0.4, 0.5) is 4.39 Å². The number of hydrogen-bond donors (Lipinski definition) is 1. The highest BCUT2D eigenvalue weighted by Crippen LogP contribution is 2.18. The Bertz CT molecular complexity index is 356. The Balaban J connectivity index is 0.000000631. The van der Waals surface area contributed by atoms with Crippen molar-refractivity contribution in [2.75, 3.05) is 6.54 Å². The molecule has 2 heteroatoms. The number of rotatable bonds is 5. The lowest BCUT2D eigenvalue weighted by atomic mass is 9.99. The van der Waals surface area contributed by atoms with Crippen molar-refractivity contribution in [3.63, 3.8) is 0 Å². The minimum absolute atomic E-state index is 0.150. The van der Waals surface area contributed by atoms with Gasteiger partial charge in [-0.05, 0) is 42.1 Å². The number of halogens is 1. The molecule has 0 aliphatic rings. The third-order valence-electron chi connectivity index (χ3n) is 2.82. The van der Waals surface area contributed by atoms with Crippen molar-refractivity contribution < 1.29 is 4.39 Å². The van der Waals surface area contributed by atoms with Crippen molar-refractivity contribution in [3.8, 4) is 0 Å². The summed E-state index contributed by atoms with van der Waals surface area (Å²) in [7, 11) is 0. The van der Waals surface area contributed by atoms with E-state index in [9.17, 15) is 4.39 Å². The topological polar surface area (TPSA) is 26.0 Å². The minimum Gasteiger partial charge on any atom is -0.330 e. The van der Waals surface area contributed by atoms with Crippen molar-refractivity contribution in [2.45, 2.75) is 46.5 Å². The maximum absolute atomic E-state index is 13.4. The Labute approximate surface area is 111 Å². The largest absolute Gasteiger partial charge is 0.330 e. The molecular formula is C16H26FN. The first-order valence-electron chi connectivity index (χ1n) is 6.78. The van der Waals surface area contributed by atoms with Gasteiger partial charge in [0.2, 0.25) is 0 Å². The van der Waals surface area contributed by atoms with Gasteiger partial charge in [0.25, 0.3) is 0 Å². The Morgan fingerprint density at radius 1 is 1.17 bits per heavy atom. The van der Waals surface area contributed by atoms with Gasteiger partial charge < -0.3 is 5.73 Å². The summed E-state index contributed by atoms with van der Waals surface area (Å²) < 4.78 is 13.4. The zero-order valence-corrected chi connectivity index (χ0v) is 11.9. The van der Waals surface area contributed by atoms with Crippen LogP contribution in [0.5, 0.6) is 0 Å². The number of aryl methyl sites for hydroxylation is 1. The Kier molecular flexibility index (Phi) is 9.21. The molecule has 0 bridgehead atoms. The quantitative estimate of drug-likeness (QED) is 0.827. The summed E-state index contributed by atoms with van der Waals surface area (Å²) in [6.07, 6.45) is 5.79. The number of hydrogen-bond acceptors (Lipinski definition) is 1. The van der Waals surface area contributed by atoms with Crippen LogP contribution in [0.3, 0.4) is 0 Å². The first kappa shape index (κ1) is 16.9. The average molecular weight is 251 g/mol. The molecule has 0 aliphatic carbocycles. The summed E-state index contributed by atoms with van der Waals surface area (Å²) in [5, 5.41) is 0. The molecule has 0 unspecified atom stereocenters. The zero-order chi connectivity index (χ0) is 14.0. The summed E-state index contributed by atoms with van der Waals surface area (Å²) in [4.78, 5) is 0. The van der Waals surface area contributed by atoms with Gasteiger partial charge in [-0.15, -0.1) is 0 Å². The molecule has 0 atom stereocenters. The highest BCUT2D eigenvalue weighted by atomic mass is 19.1. The highest BCUT2D eigenvalue weighted by molar-refractivity contribution is 5.53. The molecule has 0 fully saturated rings. The number of benzene rings is 1. The van der Waals surface area contributed by atoms with Crippen molar-refractivity contribution >= 4 is 6.08 Å². The SMILES string of the molecule is C=Cc1cc(F)c(CC)cc1CCN.CCCC. The van der Waals surface area contributed by atoms with Gasteiger partial charge in [0, 0.05) is 0 Å². The summed E-state index contributed by atoms with van der Waals surface area (Å²) in [5.74, 6) is -0.150. The smallest absolute Gasteiger partial charge is 0.126 e. The summed E-state index contributed by atoms with van der Waals surface area (Å²) in [6, 6.07) is 3.43. The van der Waals surface area contributed by atoms with E-state index in [0.29, 0.717) is 13.0 Å². The van der Waals surface area contributed by atoms with Crippen LogP contribution >= 0.6 is 0 Å². The molecule has 0 aliphatic heterocycles. The van der Waals surface area contributed by atoms with E-state index >= 15 is 0 Å². The maximum atomic E-state index is 13.4. The third kappa shape index (κ3) is 5.46. The van der Waals surface area contributed by atoms with E-state index in [1.807, 2.05) is 13.0 Å². The van der Waals surface area contributed by atoms with Crippen LogP contribution < -0.4 is 5.73 Å². The predicted octanol–water partition coefficient (Wildman–Crippen LogP) is 4.34. The van der Waals surface area contributed by atoms with Crippen LogP contribution in [0.15, 0.2) is 18.7 Å². The molecule has 0 spiro atoms. The summed E-state index contributed by atoms with van der Waals surface area (Å²) in [6.45, 7) is 10.5. The molecule has 0 radical (unpaired) electrons. The Hall–Kier alpha value is -1.15. The molecule has 0 aromatic heterocycles. The molecular weight excluding hydrogens is 225 g/mol. The summed E-state index contributed by atoms with van der Waals surface area (Å²) in [5.41, 5.74) is 8.17. The van der Waals surface area contributed by atoms with Gasteiger partial charge in [-0.2, -0.15) is 0 Å². The second-order valence-electron chi connectivity index (χ2n) is 4.24. The first-order chi connectivity index (χ1) is 8.64. The van der Waals surface area contributed by atoms with E-state index < -0.39 is 0 Å². The fraction of sp³-hybridized carbons (Fsp3) is 0.500. The van der Waals surface area contributed by atoms with Crippen LogP contribution in [-0.2, 0) is 12.8 Å². The molecule has 0 saturated carbocycles. The molecule has 1 rings (SSSR count). The molecule has 0 amide bonds. The third-order valence-corrected chi connectivity index (χ3v) is 2.82. The molecule has 1 aromatic rings. The molecule has 2 N–H and O–H groups in total. The molecule has 1 nitrogen and oxygen atoms in total. The lowest BCUT2D eigenvalue weighted by molar-refractivity contribution is 0.610. The fourth-order valence-electron chi connectivity index (χ4n) is 1.52. The molecule has 0 heterocycles. The van der Waals surface area contributed by atoms with Crippen LogP contribution in [0.2, 0.25) is 0 Å². The fourth-order valence-corrected chi connectivity index (χ4v) is 1.52. The van der Waals surface area contributed by atoms with Crippen LogP contribution in [0.25, 0.3) is 6.08 Å². The molecule has 102 valence electrons. The second-order valence-corrected chi connectivity index (χ2v) is 4.24. The van der Waals surface area contributed by atoms with Crippen LogP contribution in [-0.4, -0.2) is 6.54 Å². The molecule has 0 saturated heterocycles.